The largest absolute Gasteiger partial charge is 0.220 e. The molecular formula is C14H25N3S2. The summed E-state index contributed by atoms with van der Waals surface area (Å²) in [5, 5.41) is 9.70. The Balaban J connectivity index is 2.77. The van der Waals surface area contributed by atoms with Crippen LogP contribution in [0.5, 0.6) is 0 Å². The van der Waals surface area contributed by atoms with Gasteiger partial charge >= 0.3 is 0 Å². The molecule has 1 aliphatic heterocycles. The fourth-order valence-corrected chi connectivity index (χ4v) is 4.15. The standard InChI is InChI=1S/C14H25N3S2/c1-6-10-18-12(11-15)16-19-17-13(2,3)8-7-9-14(17,4)5/h6-10H2,1-5H3. The molecule has 0 radical (unpaired) electrons. The van der Waals surface area contributed by atoms with Gasteiger partial charge < -0.3 is 0 Å². The Morgan fingerprint density at radius 2 is 1.84 bits per heavy atom. The second-order valence-corrected chi connectivity index (χ2v) is 8.01. The number of hydrogen-bond donors (Lipinski definition) is 0. The number of hydrogen-bond acceptors (Lipinski definition) is 5. The van der Waals surface area contributed by atoms with Gasteiger partial charge in [-0.1, -0.05) is 18.7 Å². The summed E-state index contributed by atoms with van der Waals surface area (Å²) in [6.07, 6.45) is 4.69. The monoisotopic (exact) mass is 299 g/mol. The highest BCUT2D eigenvalue weighted by Crippen LogP contribution is 2.43. The van der Waals surface area contributed by atoms with E-state index < -0.39 is 0 Å². The molecule has 5 heteroatoms. The van der Waals surface area contributed by atoms with Crippen molar-refractivity contribution in [2.24, 2.45) is 4.40 Å². The van der Waals surface area contributed by atoms with E-state index in [2.05, 4.69) is 49.4 Å². The third-order valence-electron chi connectivity index (χ3n) is 3.42. The Labute approximate surface area is 126 Å². The number of rotatable bonds is 4. The molecule has 1 saturated heterocycles. The van der Waals surface area contributed by atoms with E-state index in [1.807, 2.05) is 0 Å². The van der Waals surface area contributed by atoms with Crippen molar-refractivity contribution < 1.29 is 0 Å². The topological polar surface area (TPSA) is 39.4 Å². The van der Waals surface area contributed by atoms with Crippen molar-refractivity contribution >= 4 is 28.9 Å². The Morgan fingerprint density at radius 3 is 2.32 bits per heavy atom. The zero-order chi connectivity index (χ0) is 14.5. The molecule has 108 valence electrons. The van der Waals surface area contributed by atoms with Crippen molar-refractivity contribution in [3.05, 3.63) is 0 Å². The van der Waals surface area contributed by atoms with E-state index >= 15 is 0 Å². The van der Waals surface area contributed by atoms with Gasteiger partial charge in [-0.15, -0.1) is 0 Å². The normalized spacial score (nSPS) is 23.1. The molecule has 3 nitrogen and oxygen atoms in total. The van der Waals surface area contributed by atoms with E-state index in [9.17, 15) is 0 Å². The Kier molecular flexibility index (Phi) is 6.22. The first-order valence-corrected chi connectivity index (χ1v) is 8.63. The van der Waals surface area contributed by atoms with Crippen LogP contribution in [-0.2, 0) is 0 Å². The lowest BCUT2D eigenvalue weighted by Crippen LogP contribution is -2.54. The second kappa shape index (κ2) is 7.01. The molecular weight excluding hydrogens is 274 g/mol. The fraction of sp³-hybridized carbons (Fsp3) is 0.857. The molecule has 0 N–H and O–H groups in total. The first-order chi connectivity index (χ1) is 8.83. The van der Waals surface area contributed by atoms with Crippen LogP contribution in [0.3, 0.4) is 0 Å². The third kappa shape index (κ3) is 4.70. The van der Waals surface area contributed by atoms with Crippen molar-refractivity contribution in [1.29, 1.82) is 5.26 Å². The van der Waals surface area contributed by atoms with Gasteiger partial charge in [0.1, 0.15) is 6.07 Å². The maximum absolute atomic E-state index is 9.11. The van der Waals surface area contributed by atoms with Crippen LogP contribution in [-0.4, -0.2) is 26.2 Å². The molecule has 1 heterocycles. The van der Waals surface area contributed by atoms with Crippen molar-refractivity contribution in [3.63, 3.8) is 0 Å². The van der Waals surface area contributed by atoms with Gasteiger partial charge in [-0.3, -0.25) is 0 Å². The molecule has 0 aromatic carbocycles. The summed E-state index contributed by atoms with van der Waals surface area (Å²) in [6, 6.07) is 2.20. The van der Waals surface area contributed by atoms with E-state index in [0.29, 0.717) is 5.04 Å². The van der Waals surface area contributed by atoms with Crippen LogP contribution in [0.1, 0.15) is 60.3 Å². The van der Waals surface area contributed by atoms with Crippen LogP contribution in [0.2, 0.25) is 0 Å². The Bertz CT molecular complexity index is 353. The molecule has 0 spiro atoms. The molecule has 0 amide bonds. The molecule has 0 aromatic heterocycles. The fourth-order valence-electron chi connectivity index (χ4n) is 2.55. The smallest absolute Gasteiger partial charge is 0.183 e. The zero-order valence-electron chi connectivity index (χ0n) is 12.7. The maximum atomic E-state index is 9.11. The molecule has 1 fully saturated rings. The first-order valence-electron chi connectivity index (χ1n) is 6.92. The Morgan fingerprint density at radius 1 is 1.26 bits per heavy atom. The van der Waals surface area contributed by atoms with Gasteiger partial charge in [-0.2, -0.15) is 9.66 Å². The van der Waals surface area contributed by atoms with Crippen LogP contribution in [0.4, 0.5) is 0 Å². The lowest BCUT2D eigenvalue weighted by molar-refractivity contribution is 0.0678. The Hall–Kier alpha value is -0.180. The quantitative estimate of drug-likeness (QED) is 0.430. The minimum atomic E-state index is 0.131. The van der Waals surface area contributed by atoms with Gasteiger partial charge in [-0.05, 0) is 59.1 Å². The molecule has 0 atom stereocenters. The predicted octanol–water partition coefficient (Wildman–Crippen LogP) is 4.66. The third-order valence-corrected chi connectivity index (χ3v) is 6.02. The molecule has 1 aliphatic rings. The highest BCUT2D eigenvalue weighted by molar-refractivity contribution is 8.15. The lowest BCUT2D eigenvalue weighted by Gasteiger charge is -2.50. The van der Waals surface area contributed by atoms with Gasteiger partial charge in [0.25, 0.3) is 0 Å². The van der Waals surface area contributed by atoms with E-state index in [4.69, 9.17) is 5.26 Å². The second-order valence-electron chi connectivity index (χ2n) is 6.21. The minimum absolute atomic E-state index is 0.131. The van der Waals surface area contributed by atoms with Crippen molar-refractivity contribution in [2.75, 3.05) is 5.75 Å². The van der Waals surface area contributed by atoms with E-state index in [1.165, 1.54) is 31.4 Å². The summed E-state index contributed by atoms with van der Waals surface area (Å²) in [6.45, 7) is 11.2. The van der Waals surface area contributed by atoms with Gasteiger partial charge in [-0.25, -0.2) is 4.31 Å². The van der Waals surface area contributed by atoms with E-state index in [1.54, 1.807) is 11.8 Å². The van der Waals surface area contributed by atoms with E-state index in [-0.39, 0.29) is 11.1 Å². The molecule has 1 rings (SSSR count). The highest BCUT2D eigenvalue weighted by Gasteiger charge is 2.42. The number of nitrogens with zero attached hydrogens (tertiary/aromatic N) is 3. The summed E-state index contributed by atoms with van der Waals surface area (Å²) in [5.41, 5.74) is 0.262. The lowest BCUT2D eigenvalue weighted by atomic mass is 9.83. The summed E-state index contributed by atoms with van der Waals surface area (Å²) < 4.78 is 6.82. The first kappa shape index (κ1) is 16.9. The van der Waals surface area contributed by atoms with Crippen LogP contribution < -0.4 is 0 Å². The van der Waals surface area contributed by atoms with Crippen molar-refractivity contribution in [1.82, 2.24) is 4.31 Å². The summed E-state index contributed by atoms with van der Waals surface area (Å²) >= 11 is 3.02. The average Bonchev–Trinajstić information content (AvgIpc) is 2.31. The van der Waals surface area contributed by atoms with Crippen molar-refractivity contribution in [3.8, 4) is 6.07 Å². The zero-order valence-corrected chi connectivity index (χ0v) is 14.3. The molecule has 0 saturated carbocycles. The van der Waals surface area contributed by atoms with Crippen molar-refractivity contribution in [2.45, 2.75) is 71.4 Å². The number of thioether (sulfide) groups is 1. The van der Waals surface area contributed by atoms with Crippen LogP contribution >= 0.6 is 23.9 Å². The summed E-state index contributed by atoms with van der Waals surface area (Å²) in [4.78, 5) is 0. The molecule has 0 unspecified atom stereocenters. The number of piperidine rings is 1. The average molecular weight is 300 g/mol. The molecule has 0 aromatic rings. The molecule has 0 aliphatic carbocycles. The SMILES string of the molecule is CCCSC(C#N)=NSN1C(C)(C)CCCC1(C)C. The van der Waals surface area contributed by atoms with Gasteiger partial charge in [0.2, 0.25) is 0 Å². The molecule has 0 bridgehead atoms. The van der Waals surface area contributed by atoms with Gasteiger partial charge in [0, 0.05) is 11.1 Å². The van der Waals surface area contributed by atoms with Crippen LogP contribution in [0.15, 0.2) is 4.40 Å². The van der Waals surface area contributed by atoms with Crippen LogP contribution in [0.25, 0.3) is 0 Å². The number of nitriles is 1. The summed E-state index contributed by atoms with van der Waals surface area (Å²) in [5.74, 6) is 0.958. The minimum Gasteiger partial charge on any atom is -0.220 e. The van der Waals surface area contributed by atoms with Gasteiger partial charge in [0.15, 0.2) is 5.04 Å². The maximum Gasteiger partial charge on any atom is 0.183 e. The predicted molar refractivity (Wildman–Crippen MR) is 87.2 cm³/mol. The summed E-state index contributed by atoms with van der Waals surface area (Å²) in [7, 11) is 0. The molecule has 19 heavy (non-hydrogen) atoms. The van der Waals surface area contributed by atoms with Gasteiger partial charge in [0.05, 0.1) is 12.1 Å². The highest BCUT2D eigenvalue weighted by atomic mass is 32.2. The van der Waals surface area contributed by atoms with E-state index in [0.717, 1.165) is 12.2 Å². The van der Waals surface area contributed by atoms with Crippen LogP contribution in [0, 0.1) is 11.3 Å².